The van der Waals surface area contributed by atoms with Crippen molar-refractivity contribution in [2.75, 3.05) is 20.1 Å². The van der Waals surface area contributed by atoms with Gasteiger partial charge < -0.3 is 10.8 Å². The molecule has 2 aliphatic rings. The molecule has 1 fully saturated rings. The molecule has 0 saturated carbocycles. The fourth-order valence-electron chi connectivity index (χ4n) is 4.51. The summed E-state index contributed by atoms with van der Waals surface area (Å²) >= 11 is 0. The Morgan fingerprint density at radius 3 is 2.61 bits per heavy atom. The summed E-state index contributed by atoms with van der Waals surface area (Å²) in [7, 11) is 2.04. The standard InChI is InChI=1S/C23H30N4O/c1-17(19-9-7-8-18(15-19)16-26-12-5-6-13-26)14-21-23(24)25-27(21,2)20-10-3-4-11-22(20)28/h3-4,7-11,15,17,25H,5-6,12-14,16,24H2,1-2H3/p+1. The maximum atomic E-state index is 10.3. The number of quaternary nitrogens is 1. The molecule has 5 heteroatoms. The Balaban J connectivity index is 1.51. The Morgan fingerprint density at radius 1 is 1.14 bits per heavy atom. The average Bonchev–Trinajstić information content (AvgIpc) is 3.19. The molecule has 0 aromatic heterocycles. The summed E-state index contributed by atoms with van der Waals surface area (Å²) in [5.41, 5.74) is 14.1. The summed E-state index contributed by atoms with van der Waals surface area (Å²) in [6, 6.07) is 16.4. The van der Waals surface area contributed by atoms with Crippen molar-refractivity contribution < 1.29 is 5.11 Å². The van der Waals surface area contributed by atoms with Crippen LogP contribution in [0, 0.1) is 0 Å². The van der Waals surface area contributed by atoms with Crippen LogP contribution in [0.15, 0.2) is 60.0 Å². The Bertz CT molecular complexity index is 888. The van der Waals surface area contributed by atoms with E-state index in [0.717, 1.165) is 24.4 Å². The molecule has 5 nitrogen and oxygen atoms in total. The summed E-state index contributed by atoms with van der Waals surface area (Å²) < 4.78 is 0.357. The molecular formula is C23H31N4O+. The Kier molecular flexibility index (Phi) is 5.04. The van der Waals surface area contributed by atoms with E-state index in [9.17, 15) is 5.11 Å². The van der Waals surface area contributed by atoms with E-state index >= 15 is 0 Å². The van der Waals surface area contributed by atoms with Crippen molar-refractivity contribution in [1.82, 2.24) is 14.9 Å². The van der Waals surface area contributed by atoms with Crippen LogP contribution in [-0.2, 0) is 6.54 Å². The van der Waals surface area contributed by atoms with Crippen molar-refractivity contribution in [3.8, 4) is 5.75 Å². The molecule has 2 atom stereocenters. The summed E-state index contributed by atoms with van der Waals surface area (Å²) in [6.45, 7) is 5.72. The summed E-state index contributed by atoms with van der Waals surface area (Å²) in [6.07, 6.45) is 3.48. The molecular weight excluding hydrogens is 348 g/mol. The fraction of sp³-hybridized carbons (Fsp3) is 0.391. The van der Waals surface area contributed by atoms with Gasteiger partial charge in [0, 0.05) is 19.0 Å². The highest BCUT2D eigenvalue weighted by Gasteiger charge is 2.45. The van der Waals surface area contributed by atoms with E-state index in [1.54, 1.807) is 6.07 Å². The maximum Gasteiger partial charge on any atom is 0.206 e. The molecule has 2 unspecified atom stereocenters. The zero-order chi connectivity index (χ0) is 19.7. The van der Waals surface area contributed by atoms with Crippen LogP contribution in [0.4, 0.5) is 5.69 Å². The summed E-state index contributed by atoms with van der Waals surface area (Å²) in [5.74, 6) is 1.34. The molecule has 28 heavy (non-hydrogen) atoms. The molecule has 4 N–H and O–H groups in total. The summed E-state index contributed by atoms with van der Waals surface area (Å²) in [4.78, 5) is 2.53. The van der Waals surface area contributed by atoms with E-state index < -0.39 is 0 Å². The lowest BCUT2D eigenvalue weighted by Gasteiger charge is -2.43. The number of benzene rings is 2. The molecule has 148 valence electrons. The minimum atomic E-state index is 0.280. The zero-order valence-corrected chi connectivity index (χ0v) is 16.9. The largest absolute Gasteiger partial charge is 0.503 e. The van der Waals surface area contributed by atoms with Crippen LogP contribution in [-0.4, -0.2) is 30.1 Å². The van der Waals surface area contributed by atoms with Crippen LogP contribution < -0.4 is 15.8 Å². The van der Waals surface area contributed by atoms with Crippen molar-refractivity contribution in [1.29, 1.82) is 0 Å². The van der Waals surface area contributed by atoms with Crippen molar-refractivity contribution in [3.05, 3.63) is 71.2 Å². The van der Waals surface area contributed by atoms with Gasteiger partial charge in [0.2, 0.25) is 11.5 Å². The lowest BCUT2D eigenvalue weighted by atomic mass is 9.93. The Morgan fingerprint density at radius 2 is 1.89 bits per heavy atom. The number of aromatic hydroxyl groups is 1. The number of hydrogen-bond donors (Lipinski definition) is 3. The molecule has 2 aromatic rings. The second-order valence-corrected chi connectivity index (χ2v) is 8.30. The van der Waals surface area contributed by atoms with Crippen molar-refractivity contribution >= 4 is 5.69 Å². The molecule has 0 aliphatic carbocycles. The predicted octanol–water partition coefficient (Wildman–Crippen LogP) is 3.76. The van der Waals surface area contributed by atoms with Gasteiger partial charge in [0.25, 0.3) is 0 Å². The fourth-order valence-corrected chi connectivity index (χ4v) is 4.51. The molecule has 2 aromatic carbocycles. The van der Waals surface area contributed by atoms with E-state index in [4.69, 9.17) is 5.73 Å². The van der Waals surface area contributed by atoms with Crippen LogP contribution in [0.5, 0.6) is 5.75 Å². The molecule has 0 radical (unpaired) electrons. The number of phenolic OH excluding ortho intramolecular Hbond substituents is 1. The summed E-state index contributed by atoms with van der Waals surface area (Å²) in [5, 5.41) is 10.3. The van der Waals surface area contributed by atoms with E-state index in [1.807, 2.05) is 25.2 Å². The highest BCUT2D eigenvalue weighted by Crippen LogP contribution is 2.41. The quantitative estimate of drug-likeness (QED) is 0.669. The lowest BCUT2D eigenvalue weighted by molar-refractivity contribution is 0.238. The molecule has 2 aliphatic heterocycles. The number of rotatable bonds is 6. The molecule has 4 rings (SSSR count). The van der Waals surface area contributed by atoms with Gasteiger partial charge >= 0.3 is 0 Å². The minimum Gasteiger partial charge on any atom is -0.503 e. The molecule has 0 bridgehead atoms. The zero-order valence-electron chi connectivity index (χ0n) is 16.9. The van der Waals surface area contributed by atoms with Gasteiger partial charge in [0.1, 0.15) is 7.05 Å². The number of nitrogens with zero attached hydrogens (tertiary/aromatic N) is 2. The van der Waals surface area contributed by atoms with Gasteiger partial charge in [-0.1, -0.05) is 43.3 Å². The SMILES string of the molecule is CC(CC1=C(N)N[N+]1(C)c1ccccc1O)c1cccc(CN2CCCC2)c1. The molecule has 0 spiro atoms. The van der Waals surface area contributed by atoms with Crippen molar-refractivity contribution in [2.45, 2.75) is 38.6 Å². The molecule has 2 heterocycles. The Hall–Kier alpha value is -2.50. The van der Waals surface area contributed by atoms with Gasteiger partial charge in [-0.25, -0.2) is 5.43 Å². The second kappa shape index (κ2) is 7.49. The number of phenols is 1. The Labute approximate surface area is 167 Å². The van der Waals surface area contributed by atoms with Gasteiger partial charge in [0.15, 0.2) is 11.4 Å². The van der Waals surface area contributed by atoms with E-state index in [1.165, 1.54) is 37.1 Å². The third-order valence-corrected chi connectivity index (χ3v) is 6.18. The van der Waals surface area contributed by atoms with Crippen LogP contribution in [0.1, 0.15) is 43.2 Å². The lowest BCUT2D eigenvalue weighted by Crippen LogP contribution is -2.65. The number of nitrogens with two attached hydrogens (primary N) is 1. The number of allylic oxidation sites excluding steroid dienone is 1. The average molecular weight is 380 g/mol. The highest BCUT2D eigenvalue weighted by molar-refractivity contribution is 5.59. The first-order valence-electron chi connectivity index (χ1n) is 10.2. The van der Waals surface area contributed by atoms with Gasteiger partial charge in [-0.15, -0.1) is 0 Å². The van der Waals surface area contributed by atoms with E-state index in [-0.39, 0.29) is 5.75 Å². The van der Waals surface area contributed by atoms with Crippen molar-refractivity contribution in [2.24, 2.45) is 5.73 Å². The van der Waals surface area contributed by atoms with E-state index in [2.05, 4.69) is 41.5 Å². The number of nitrogens with one attached hydrogen (secondary N) is 1. The topological polar surface area (TPSA) is 61.5 Å². The van der Waals surface area contributed by atoms with Crippen LogP contribution in [0.25, 0.3) is 0 Å². The molecule has 1 saturated heterocycles. The third kappa shape index (κ3) is 3.48. The number of para-hydroxylation sites is 2. The van der Waals surface area contributed by atoms with Gasteiger partial charge in [-0.2, -0.15) is 4.59 Å². The van der Waals surface area contributed by atoms with Gasteiger partial charge in [-0.3, -0.25) is 4.90 Å². The van der Waals surface area contributed by atoms with Crippen LogP contribution >= 0.6 is 0 Å². The maximum absolute atomic E-state index is 10.3. The van der Waals surface area contributed by atoms with Crippen LogP contribution in [0.3, 0.4) is 0 Å². The first-order chi connectivity index (χ1) is 13.5. The predicted molar refractivity (Wildman–Crippen MR) is 114 cm³/mol. The second-order valence-electron chi connectivity index (χ2n) is 8.30. The van der Waals surface area contributed by atoms with E-state index in [0.29, 0.717) is 16.3 Å². The first-order valence-corrected chi connectivity index (χ1v) is 10.2. The normalized spacial score (nSPS) is 23.4. The van der Waals surface area contributed by atoms with Gasteiger partial charge in [0.05, 0.1) is 0 Å². The number of likely N-dealkylation sites (tertiary alicyclic amines) is 1. The third-order valence-electron chi connectivity index (χ3n) is 6.18. The minimum absolute atomic E-state index is 0.280. The molecule has 0 amide bonds. The van der Waals surface area contributed by atoms with Crippen LogP contribution in [0.2, 0.25) is 0 Å². The van der Waals surface area contributed by atoms with Gasteiger partial charge in [-0.05, 0) is 49.0 Å². The van der Waals surface area contributed by atoms with Crippen molar-refractivity contribution in [3.63, 3.8) is 0 Å². The first kappa shape index (κ1) is 18.8. The monoisotopic (exact) mass is 379 g/mol. The number of hydrogen-bond acceptors (Lipinski definition) is 4. The smallest absolute Gasteiger partial charge is 0.206 e. The highest BCUT2D eigenvalue weighted by atomic mass is 16.3.